The number of hydrogen-bond acceptors (Lipinski definition) is 4. The molecule has 9 heteroatoms. The van der Waals surface area contributed by atoms with Gasteiger partial charge >= 0.3 is 6.36 Å². The van der Waals surface area contributed by atoms with Gasteiger partial charge in [0.1, 0.15) is 11.6 Å². The van der Waals surface area contributed by atoms with E-state index in [-0.39, 0.29) is 10.6 Å². The first-order chi connectivity index (χ1) is 14.2. The fraction of sp³-hybridized carbons (Fsp3) is 0.381. The third-order valence-corrected chi connectivity index (χ3v) is 5.39. The summed E-state index contributed by atoms with van der Waals surface area (Å²) in [5.74, 6) is -0.953. The lowest BCUT2D eigenvalue weighted by atomic mass is 10.0. The van der Waals surface area contributed by atoms with Gasteiger partial charge in [-0.2, -0.15) is 0 Å². The summed E-state index contributed by atoms with van der Waals surface area (Å²) in [4.78, 5) is 15.2. The second kappa shape index (κ2) is 9.22. The van der Waals surface area contributed by atoms with Gasteiger partial charge in [0.05, 0.1) is 10.6 Å². The van der Waals surface area contributed by atoms with E-state index in [1.165, 1.54) is 18.2 Å². The highest BCUT2D eigenvalue weighted by molar-refractivity contribution is 6.32. The fourth-order valence-electron chi connectivity index (χ4n) is 3.54. The monoisotopic (exact) mass is 444 g/mol. The van der Waals surface area contributed by atoms with E-state index in [4.69, 9.17) is 11.6 Å². The third-order valence-electron chi connectivity index (χ3n) is 5.10. The molecule has 1 heterocycles. The molecule has 30 heavy (non-hydrogen) atoms. The highest BCUT2D eigenvalue weighted by atomic mass is 35.5. The Labute approximate surface area is 177 Å². The standard InChI is InChI=1S/C21H21ClF4N2O2/c1-2-14-9-16(13-29)19(23)10-15(14)12-27-5-7-28(8-6-27)17-3-4-20(18(22)11-17)30-21(24,25)26/h3-4,9-11,13H,2,5-8,12H2,1H3. The van der Waals surface area contributed by atoms with E-state index < -0.39 is 17.9 Å². The normalized spacial score (nSPS) is 15.3. The van der Waals surface area contributed by atoms with Crippen LogP contribution in [0.3, 0.4) is 0 Å². The van der Waals surface area contributed by atoms with Gasteiger partial charge in [-0.1, -0.05) is 18.5 Å². The third kappa shape index (κ3) is 5.43. The van der Waals surface area contributed by atoms with Crippen molar-refractivity contribution in [1.29, 1.82) is 0 Å². The van der Waals surface area contributed by atoms with Crippen molar-refractivity contribution in [3.63, 3.8) is 0 Å². The van der Waals surface area contributed by atoms with E-state index in [2.05, 4.69) is 9.64 Å². The molecule has 1 aliphatic rings. The summed E-state index contributed by atoms with van der Waals surface area (Å²) >= 11 is 5.94. The SMILES string of the molecule is CCc1cc(C=O)c(F)cc1CN1CCN(c2ccc(OC(F)(F)F)c(Cl)c2)CC1. The molecule has 3 rings (SSSR count). The van der Waals surface area contributed by atoms with Gasteiger partial charge in [-0.25, -0.2) is 4.39 Å². The van der Waals surface area contributed by atoms with Crippen LogP contribution in [-0.2, 0) is 13.0 Å². The lowest BCUT2D eigenvalue weighted by molar-refractivity contribution is -0.274. The predicted molar refractivity (Wildman–Crippen MR) is 107 cm³/mol. The Morgan fingerprint density at radius 1 is 1.10 bits per heavy atom. The maximum absolute atomic E-state index is 14.0. The second-order valence-electron chi connectivity index (χ2n) is 7.04. The molecule has 0 radical (unpaired) electrons. The van der Waals surface area contributed by atoms with Crippen LogP contribution in [0.15, 0.2) is 30.3 Å². The van der Waals surface area contributed by atoms with Crippen molar-refractivity contribution >= 4 is 23.6 Å². The number of ether oxygens (including phenoxy) is 1. The maximum atomic E-state index is 14.0. The van der Waals surface area contributed by atoms with E-state index in [0.717, 1.165) is 11.1 Å². The number of rotatable bonds is 6. The van der Waals surface area contributed by atoms with Crippen LogP contribution in [0.2, 0.25) is 5.02 Å². The summed E-state index contributed by atoms with van der Waals surface area (Å²) in [5.41, 5.74) is 2.57. The molecule has 0 atom stereocenters. The molecule has 1 aliphatic heterocycles. The minimum atomic E-state index is -4.79. The van der Waals surface area contributed by atoms with Gasteiger partial charge in [-0.3, -0.25) is 9.69 Å². The zero-order chi connectivity index (χ0) is 21.9. The number of hydrogen-bond donors (Lipinski definition) is 0. The molecule has 0 aliphatic carbocycles. The van der Waals surface area contributed by atoms with E-state index >= 15 is 0 Å². The maximum Gasteiger partial charge on any atom is 0.573 e. The van der Waals surface area contributed by atoms with Crippen LogP contribution in [0.5, 0.6) is 5.75 Å². The molecule has 0 N–H and O–H groups in total. The summed E-state index contributed by atoms with van der Waals surface area (Å²) in [5, 5.41) is -0.106. The first-order valence-corrected chi connectivity index (χ1v) is 9.87. The number of carbonyl (C=O) groups excluding carboxylic acids is 1. The number of benzene rings is 2. The summed E-state index contributed by atoms with van der Waals surface area (Å²) in [6.07, 6.45) is -3.58. The largest absolute Gasteiger partial charge is 0.573 e. The van der Waals surface area contributed by atoms with Crippen molar-refractivity contribution in [2.45, 2.75) is 26.3 Å². The summed E-state index contributed by atoms with van der Waals surface area (Å²) in [6, 6.07) is 7.24. The van der Waals surface area contributed by atoms with Crippen LogP contribution in [0.25, 0.3) is 0 Å². The van der Waals surface area contributed by atoms with Gasteiger partial charge < -0.3 is 9.64 Å². The van der Waals surface area contributed by atoms with Gasteiger partial charge in [-0.05, 0) is 47.9 Å². The number of aldehydes is 1. The van der Waals surface area contributed by atoms with Crippen LogP contribution in [0.4, 0.5) is 23.2 Å². The number of nitrogens with zero attached hydrogens (tertiary/aromatic N) is 2. The molecule has 0 unspecified atom stereocenters. The molecular formula is C21H21ClF4N2O2. The average molecular weight is 445 g/mol. The van der Waals surface area contributed by atoms with Crippen molar-refractivity contribution < 1.29 is 27.1 Å². The number of alkyl halides is 3. The second-order valence-corrected chi connectivity index (χ2v) is 7.45. The molecule has 0 spiro atoms. The lowest BCUT2D eigenvalue weighted by Crippen LogP contribution is -2.46. The number of anilines is 1. The number of halogens is 5. The summed E-state index contributed by atoms with van der Waals surface area (Å²) in [6.45, 7) is 5.20. The molecule has 0 saturated carbocycles. The molecule has 1 saturated heterocycles. The van der Waals surface area contributed by atoms with Crippen molar-refractivity contribution in [3.8, 4) is 5.75 Å². The highest BCUT2D eigenvalue weighted by Crippen LogP contribution is 2.33. The smallest absolute Gasteiger partial charge is 0.404 e. The van der Waals surface area contributed by atoms with Gasteiger partial charge in [-0.15, -0.1) is 13.2 Å². The molecular weight excluding hydrogens is 424 g/mol. The van der Waals surface area contributed by atoms with E-state index in [9.17, 15) is 22.4 Å². The predicted octanol–water partition coefficient (Wildman–Crippen LogP) is 5.07. The molecule has 0 bridgehead atoms. The molecule has 2 aromatic carbocycles. The quantitative estimate of drug-likeness (QED) is 0.460. The van der Waals surface area contributed by atoms with E-state index in [1.54, 1.807) is 12.1 Å². The van der Waals surface area contributed by atoms with E-state index in [1.807, 2.05) is 11.8 Å². The van der Waals surface area contributed by atoms with Crippen LogP contribution >= 0.6 is 11.6 Å². The Hall–Kier alpha value is -2.32. The van der Waals surface area contributed by atoms with Gasteiger partial charge in [0, 0.05) is 38.4 Å². The fourth-order valence-corrected chi connectivity index (χ4v) is 3.76. The van der Waals surface area contributed by atoms with Crippen LogP contribution in [-0.4, -0.2) is 43.7 Å². The minimum Gasteiger partial charge on any atom is -0.404 e. The average Bonchev–Trinajstić information content (AvgIpc) is 2.69. The first-order valence-electron chi connectivity index (χ1n) is 9.49. The minimum absolute atomic E-state index is 0.0650. The molecule has 162 valence electrons. The van der Waals surface area contributed by atoms with Gasteiger partial charge in [0.15, 0.2) is 6.29 Å². The zero-order valence-corrected chi connectivity index (χ0v) is 17.1. The van der Waals surface area contributed by atoms with Gasteiger partial charge in [0.25, 0.3) is 0 Å². The van der Waals surface area contributed by atoms with Crippen LogP contribution in [0.1, 0.15) is 28.4 Å². The molecule has 4 nitrogen and oxygen atoms in total. The van der Waals surface area contributed by atoms with Crippen molar-refractivity contribution in [2.24, 2.45) is 0 Å². The molecule has 0 aromatic heterocycles. The highest BCUT2D eigenvalue weighted by Gasteiger charge is 2.32. The number of carbonyl (C=O) groups is 1. The van der Waals surface area contributed by atoms with Crippen molar-refractivity contribution in [3.05, 3.63) is 57.9 Å². The number of aryl methyl sites for hydroxylation is 1. The Morgan fingerprint density at radius 2 is 1.80 bits per heavy atom. The van der Waals surface area contributed by atoms with Gasteiger partial charge in [0.2, 0.25) is 0 Å². The van der Waals surface area contributed by atoms with Crippen LogP contribution < -0.4 is 9.64 Å². The summed E-state index contributed by atoms with van der Waals surface area (Å²) < 4.78 is 55.1. The van der Waals surface area contributed by atoms with E-state index in [0.29, 0.717) is 51.1 Å². The zero-order valence-electron chi connectivity index (χ0n) is 16.3. The topological polar surface area (TPSA) is 32.8 Å². The Morgan fingerprint density at radius 3 is 2.37 bits per heavy atom. The molecule has 2 aromatic rings. The summed E-state index contributed by atoms with van der Waals surface area (Å²) in [7, 11) is 0. The van der Waals surface area contributed by atoms with Crippen molar-refractivity contribution in [1.82, 2.24) is 4.90 Å². The Balaban J connectivity index is 1.63. The van der Waals surface area contributed by atoms with Crippen molar-refractivity contribution in [2.75, 3.05) is 31.1 Å². The lowest BCUT2D eigenvalue weighted by Gasteiger charge is -2.36. The molecule has 1 fully saturated rings. The number of piperazine rings is 1. The molecule has 0 amide bonds. The van der Waals surface area contributed by atoms with Crippen LogP contribution in [0, 0.1) is 5.82 Å². The first kappa shape index (κ1) is 22.4. The Bertz CT molecular complexity index is 913. The Kier molecular flexibility index (Phi) is 6.88.